The van der Waals surface area contributed by atoms with Crippen molar-refractivity contribution in [2.45, 2.75) is 19.1 Å². The van der Waals surface area contributed by atoms with E-state index in [0.717, 1.165) is 5.56 Å². The average Bonchev–Trinajstić information content (AvgIpc) is 2.29. The zero-order chi connectivity index (χ0) is 13.4. The van der Waals surface area contributed by atoms with Gasteiger partial charge in [-0.1, -0.05) is 30.3 Å². The van der Waals surface area contributed by atoms with Gasteiger partial charge in [0.05, 0.1) is 19.1 Å². The number of carbonyl (C=O) groups is 1. The molecule has 1 unspecified atom stereocenters. The molecule has 100 valence electrons. The van der Waals surface area contributed by atoms with Crippen LogP contribution in [-0.4, -0.2) is 52.0 Å². The van der Waals surface area contributed by atoms with Crippen LogP contribution in [0.3, 0.4) is 0 Å². The van der Waals surface area contributed by atoms with E-state index in [1.54, 1.807) is 0 Å². The fraction of sp³-hybridized carbons (Fsp3) is 0.462. The Morgan fingerprint density at radius 1 is 1.28 bits per heavy atom. The second-order valence-corrected chi connectivity index (χ2v) is 4.20. The summed E-state index contributed by atoms with van der Waals surface area (Å²) in [6.07, 6.45) is -1.20. The van der Waals surface area contributed by atoms with E-state index in [4.69, 9.17) is 10.2 Å². The molecule has 18 heavy (non-hydrogen) atoms. The summed E-state index contributed by atoms with van der Waals surface area (Å²) in [6, 6.07) is 9.65. The largest absolute Gasteiger partial charge is 0.481 e. The molecule has 5 heteroatoms. The van der Waals surface area contributed by atoms with E-state index < -0.39 is 12.1 Å². The van der Waals surface area contributed by atoms with Gasteiger partial charge in [0.1, 0.15) is 0 Å². The molecule has 0 saturated heterocycles. The minimum Gasteiger partial charge on any atom is -0.481 e. The van der Waals surface area contributed by atoms with Gasteiger partial charge in [0.2, 0.25) is 0 Å². The van der Waals surface area contributed by atoms with Crippen LogP contribution in [0.2, 0.25) is 0 Å². The summed E-state index contributed by atoms with van der Waals surface area (Å²) in [5.41, 5.74) is 1.06. The van der Waals surface area contributed by atoms with Crippen molar-refractivity contribution in [1.82, 2.24) is 4.90 Å². The third kappa shape index (κ3) is 5.77. The molecule has 0 saturated carbocycles. The molecular weight excluding hydrogens is 234 g/mol. The van der Waals surface area contributed by atoms with Gasteiger partial charge < -0.3 is 15.3 Å². The van der Waals surface area contributed by atoms with E-state index in [-0.39, 0.29) is 19.6 Å². The Labute approximate surface area is 106 Å². The Morgan fingerprint density at radius 3 is 2.50 bits per heavy atom. The first kappa shape index (κ1) is 14.6. The Bertz CT molecular complexity index is 355. The van der Waals surface area contributed by atoms with Crippen LogP contribution >= 0.6 is 0 Å². The van der Waals surface area contributed by atoms with Crippen LogP contribution in [0.15, 0.2) is 30.3 Å². The summed E-state index contributed by atoms with van der Waals surface area (Å²) >= 11 is 0. The van der Waals surface area contributed by atoms with E-state index in [9.17, 15) is 9.90 Å². The third-order valence-corrected chi connectivity index (χ3v) is 2.54. The molecule has 0 aromatic heterocycles. The molecule has 1 aromatic carbocycles. The SMILES string of the molecule is O=C(O)CC(O)CN(CCO)Cc1ccccc1. The number of benzene rings is 1. The summed E-state index contributed by atoms with van der Waals surface area (Å²) in [4.78, 5) is 12.3. The van der Waals surface area contributed by atoms with Gasteiger partial charge in [0.25, 0.3) is 0 Å². The average molecular weight is 253 g/mol. The molecule has 1 aromatic rings. The standard InChI is InChI=1S/C13H19NO4/c15-7-6-14(10-12(16)8-13(17)18)9-11-4-2-1-3-5-11/h1-5,12,15-16H,6-10H2,(H,17,18). The van der Waals surface area contributed by atoms with E-state index in [1.165, 1.54) is 0 Å². The van der Waals surface area contributed by atoms with Crippen molar-refractivity contribution in [3.8, 4) is 0 Å². The van der Waals surface area contributed by atoms with Crippen LogP contribution in [0.4, 0.5) is 0 Å². The lowest BCUT2D eigenvalue weighted by atomic mass is 10.2. The van der Waals surface area contributed by atoms with Crippen molar-refractivity contribution in [3.05, 3.63) is 35.9 Å². The maximum atomic E-state index is 10.5. The van der Waals surface area contributed by atoms with E-state index in [2.05, 4.69) is 0 Å². The summed E-state index contributed by atoms with van der Waals surface area (Å²) in [5.74, 6) is -1.02. The number of carboxylic acids is 1. The van der Waals surface area contributed by atoms with Gasteiger partial charge in [-0.25, -0.2) is 0 Å². The Kier molecular flexibility index (Phi) is 6.35. The van der Waals surface area contributed by atoms with Gasteiger partial charge in [-0.2, -0.15) is 0 Å². The van der Waals surface area contributed by atoms with Gasteiger partial charge in [-0.05, 0) is 5.56 Å². The van der Waals surface area contributed by atoms with Crippen molar-refractivity contribution < 1.29 is 20.1 Å². The van der Waals surface area contributed by atoms with Gasteiger partial charge in [-0.3, -0.25) is 9.69 Å². The predicted molar refractivity (Wildman–Crippen MR) is 67.1 cm³/mol. The Hall–Kier alpha value is -1.43. The summed E-state index contributed by atoms with van der Waals surface area (Å²) in [6.45, 7) is 1.21. The number of carboxylic acid groups (broad SMARTS) is 1. The lowest BCUT2D eigenvalue weighted by molar-refractivity contribution is -0.139. The molecule has 0 spiro atoms. The molecule has 5 nitrogen and oxygen atoms in total. The van der Waals surface area contributed by atoms with Crippen LogP contribution in [0, 0.1) is 0 Å². The quantitative estimate of drug-likeness (QED) is 0.621. The van der Waals surface area contributed by atoms with Gasteiger partial charge in [0.15, 0.2) is 0 Å². The predicted octanol–water partition coefficient (Wildman–Crippen LogP) is 0.316. The van der Waals surface area contributed by atoms with Crippen molar-refractivity contribution in [3.63, 3.8) is 0 Å². The van der Waals surface area contributed by atoms with Crippen molar-refractivity contribution in [2.24, 2.45) is 0 Å². The minimum absolute atomic E-state index is 0.0212. The lowest BCUT2D eigenvalue weighted by Crippen LogP contribution is -2.35. The van der Waals surface area contributed by atoms with Crippen LogP contribution in [0.1, 0.15) is 12.0 Å². The molecule has 1 atom stereocenters. The fourth-order valence-corrected chi connectivity index (χ4v) is 1.78. The minimum atomic E-state index is -1.02. The number of rotatable bonds is 8. The molecule has 1 rings (SSSR count). The van der Waals surface area contributed by atoms with Crippen LogP contribution in [-0.2, 0) is 11.3 Å². The lowest BCUT2D eigenvalue weighted by Gasteiger charge is -2.23. The van der Waals surface area contributed by atoms with Crippen LogP contribution in [0.25, 0.3) is 0 Å². The highest BCUT2D eigenvalue weighted by Crippen LogP contribution is 2.06. The monoisotopic (exact) mass is 253 g/mol. The first-order chi connectivity index (χ1) is 8.61. The topological polar surface area (TPSA) is 81.0 Å². The highest BCUT2D eigenvalue weighted by Gasteiger charge is 2.14. The van der Waals surface area contributed by atoms with Crippen molar-refractivity contribution >= 4 is 5.97 Å². The van der Waals surface area contributed by atoms with E-state index >= 15 is 0 Å². The molecule has 0 bridgehead atoms. The molecular formula is C13H19NO4. The molecule has 0 fully saturated rings. The van der Waals surface area contributed by atoms with E-state index in [1.807, 2.05) is 35.2 Å². The maximum absolute atomic E-state index is 10.5. The normalized spacial score (nSPS) is 12.6. The molecule has 3 N–H and O–H groups in total. The fourth-order valence-electron chi connectivity index (χ4n) is 1.78. The first-order valence-electron chi connectivity index (χ1n) is 5.89. The van der Waals surface area contributed by atoms with Gasteiger partial charge in [0, 0.05) is 19.6 Å². The number of aliphatic carboxylic acids is 1. The zero-order valence-corrected chi connectivity index (χ0v) is 10.2. The second-order valence-electron chi connectivity index (χ2n) is 4.20. The molecule has 0 aliphatic rings. The van der Waals surface area contributed by atoms with Crippen LogP contribution < -0.4 is 0 Å². The number of hydrogen-bond donors (Lipinski definition) is 3. The van der Waals surface area contributed by atoms with Gasteiger partial charge in [-0.15, -0.1) is 0 Å². The van der Waals surface area contributed by atoms with Crippen molar-refractivity contribution in [2.75, 3.05) is 19.7 Å². The smallest absolute Gasteiger partial charge is 0.306 e. The van der Waals surface area contributed by atoms with E-state index in [0.29, 0.717) is 13.1 Å². The maximum Gasteiger partial charge on any atom is 0.306 e. The summed E-state index contributed by atoms with van der Waals surface area (Å²) < 4.78 is 0. The molecule has 0 amide bonds. The number of aliphatic hydroxyl groups excluding tert-OH is 2. The second kappa shape index (κ2) is 7.81. The third-order valence-electron chi connectivity index (χ3n) is 2.54. The number of aliphatic hydroxyl groups is 2. The Morgan fingerprint density at radius 2 is 1.94 bits per heavy atom. The first-order valence-corrected chi connectivity index (χ1v) is 5.89. The van der Waals surface area contributed by atoms with Gasteiger partial charge >= 0.3 is 5.97 Å². The molecule has 0 aliphatic carbocycles. The highest BCUT2D eigenvalue weighted by molar-refractivity contribution is 5.67. The molecule has 0 aliphatic heterocycles. The van der Waals surface area contributed by atoms with Crippen molar-refractivity contribution in [1.29, 1.82) is 0 Å². The zero-order valence-electron chi connectivity index (χ0n) is 10.2. The molecule has 0 radical (unpaired) electrons. The Balaban J connectivity index is 2.51. The number of hydrogen-bond acceptors (Lipinski definition) is 4. The number of nitrogens with zero attached hydrogens (tertiary/aromatic N) is 1. The summed E-state index contributed by atoms with van der Waals surface area (Å²) in [5, 5.41) is 27.1. The highest BCUT2D eigenvalue weighted by atomic mass is 16.4. The summed E-state index contributed by atoms with van der Waals surface area (Å²) in [7, 11) is 0. The van der Waals surface area contributed by atoms with Crippen LogP contribution in [0.5, 0.6) is 0 Å². The molecule has 0 heterocycles.